The lowest BCUT2D eigenvalue weighted by molar-refractivity contribution is -0.397. The first-order valence-corrected chi connectivity index (χ1v) is 24.4. The quantitative estimate of drug-likeness (QED) is 0.0328. The average molecular weight is 1050 g/mol. The second kappa shape index (κ2) is 26.6. The van der Waals surface area contributed by atoms with E-state index in [9.17, 15) is 77.3 Å². The number of halogens is 14. The SMILES string of the molecule is C.C.C=CS(=O)(=O)F.CCC(CCCCCCCCCC1C2CC(CC(OCOC)(C(F)(F)F)C(F)(F)F)C(C2)C1C)S(=O)(=O)F.COCOC(CC1CC2C=CC1C2)(C(F)(F)F)C(F)(F)F. The Balaban J connectivity index is 0.00000126. The standard InChI is InChI=1S/C26H43F7O4S.C13H16F6O2.C2H3FO2S.2CH4/c1-4-21(38(33,34)35)12-10-8-6-5-7-9-11-13-22-18(2)23-15-19(22)14-20(23)16-24(25(27,28)29,26(30,31)32)37-17-36-3;1-20-7-21-11(12(14,15)16,13(17,18)19)6-10-5-8-2-3-9(10)4-8;1-2-6(3,4)5;;/h18-23H,4-17H2,1-3H3;2-3,8-10H,4-7H2,1H3;2H,1H2;2*1H4. The van der Waals surface area contributed by atoms with Crippen molar-refractivity contribution in [3.63, 3.8) is 0 Å². The molecule has 0 aromatic rings. The van der Waals surface area contributed by atoms with Gasteiger partial charge in [0.2, 0.25) is 0 Å². The van der Waals surface area contributed by atoms with Crippen LogP contribution in [0.5, 0.6) is 0 Å². The van der Waals surface area contributed by atoms with E-state index in [-0.39, 0.29) is 56.3 Å². The largest absolute Gasteiger partial charge is 0.426 e. The van der Waals surface area contributed by atoms with Crippen molar-refractivity contribution in [2.24, 2.45) is 47.3 Å². The third kappa shape index (κ3) is 17.8. The van der Waals surface area contributed by atoms with Crippen LogP contribution in [0.2, 0.25) is 0 Å². The Labute approximate surface area is 387 Å². The van der Waals surface area contributed by atoms with E-state index in [1.165, 1.54) is 0 Å². The topological polar surface area (TPSA) is 105 Å². The second-order valence-electron chi connectivity index (χ2n) is 17.6. The highest BCUT2D eigenvalue weighted by molar-refractivity contribution is 7.89. The predicted molar refractivity (Wildman–Crippen MR) is 225 cm³/mol. The maximum atomic E-state index is 13.8. The van der Waals surface area contributed by atoms with Gasteiger partial charge in [0.1, 0.15) is 13.6 Å². The molecule has 0 aromatic heterocycles. The number of alkyl halides is 12. The maximum Gasteiger partial charge on any atom is 0.426 e. The highest BCUT2D eigenvalue weighted by Crippen LogP contribution is 2.61. The van der Waals surface area contributed by atoms with E-state index in [4.69, 9.17) is 0 Å². The minimum absolute atomic E-state index is 0. The van der Waals surface area contributed by atoms with Crippen LogP contribution in [0, 0.1) is 47.3 Å². The van der Waals surface area contributed by atoms with Gasteiger partial charge in [-0.05, 0) is 105 Å². The summed E-state index contributed by atoms with van der Waals surface area (Å²) in [5.41, 5.74) is -8.39. The molecule has 0 heterocycles. The summed E-state index contributed by atoms with van der Waals surface area (Å²) in [5.74, 6) is -1.19. The van der Waals surface area contributed by atoms with E-state index in [0.29, 0.717) is 44.4 Å². The van der Waals surface area contributed by atoms with Crippen LogP contribution in [-0.4, -0.2) is 85.8 Å². The second-order valence-corrected chi connectivity index (χ2v) is 20.5. The Kier molecular flexibility index (Phi) is 25.9. The summed E-state index contributed by atoms with van der Waals surface area (Å²) in [4.78, 5) is 0. The van der Waals surface area contributed by atoms with Gasteiger partial charge in [-0.3, -0.25) is 0 Å². The van der Waals surface area contributed by atoms with Crippen LogP contribution in [0.25, 0.3) is 0 Å². The number of allylic oxidation sites excluding steroid dienone is 2. The summed E-state index contributed by atoms with van der Waals surface area (Å²) < 4.78 is 243. The predicted octanol–water partition coefficient (Wildman–Crippen LogP) is 14.1. The van der Waals surface area contributed by atoms with Crippen molar-refractivity contribution in [2.45, 2.75) is 173 Å². The number of ether oxygens (including phenoxy) is 4. The average Bonchev–Trinajstić information content (AvgIpc) is 3.96. The first kappa shape index (κ1) is 65.2. The summed E-state index contributed by atoms with van der Waals surface area (Å²) in [6.07, 6.45) is -11.0. The molecule has 400 valence electrons. The first-order chi connectivity index (χ1) is 29.8. The molecule has 8 nitrogen and oxygen atoms in total. The van der Waals surface area contributed by atoms with Gasteiger partial charge >= 0.3 is 45.2 Å². The van der Waals surface area contributed by atoms with Gasteiger partial charge in [-0.25, -0.2) is 0 Å². The van der Waals surface area contributed by atoms with Crippen molar-refractivity contribution < 1.29 is 96.2 Å². The van der Waals surface area contributed by atoms with Gasteiger partial charge in [-0.1, -0.05) is 92.4 Å². The number of hydrogen-bond acceptors (Lipinski definition) is 8. The molecule has 0 saturated heterocycles. The van der Waals surface area contributed by atoms with Crippen LogP contribution < -0.4 is 0 Å². The molecule has 9 unspecified atom stereocenters. The zero-order valence-corrected chi connectivity index (χ0v) is 38.4. The molecule has 9 atom stereocenters. The normalized spacial score (nSPS) is 25.6. The number of rotatable bonds is 23. The fraction of sp³-hybridized carbons (Fsp3) is 0.907. The molecule has 67 heavy (non-hydrogen) atoms. The molecule has 4 aliphatic carbocycles. The van der Waals surface area contributed by atoms with Crippen molar-refractivity contribution >= 4 is 20.4 Å². The lowest BCUT2D eigenvalue weighted by Crippen LogP contribution is -2.60. The lowest BCUT2D eigenvalue weighted by Gasteiger charge is -2.42. The molecule has 24 heteroatoms. The molecule has 3 saturated carbocycles. The molecule has 4 rings (SSSR count). The van der Waals surface area contributed by atoms with Gasteiger partial charge in [0.05, 0.1) is 10.7 Å². The molecule has 0 aromatic carbocycles. The molecule has 0 amide bonds. The van der Waals surface area contributed by atoms with Crippen molar-refractivity contribution in [3.05, 3.63) is 24.1 Å². The van der Waals surface area contributed by atoms with E-state index in [0.717, 1.165) is 59.2 Å². The lowest BCUT2D eigenvalue weighted by atomic mass is 9.70. The Bertz CT molecular complexity index is 1660. The molecule has 0 spiro atoms. The zero-order chi connectivity index (χ0) is 49.9. The van der Waals surface area contributed by atoms with Gasteiger partial charge in [0.15, 0.2) is 0 Å². The summed E-state index contributed by atoms with van der Waals surface area (Å²) in [7, 11) is -6.90. The molecule has 0 radical (unpaired) electrons. The molecule has 4 aliphatic rings. The van der Waals surface area contributed by atoms with Gasteiger partial charge in [-0.2, -0.15) is 69.5 Å². The Morgan fingerprint density at radius 3 is 1.43 bits per heavy atom. The van der Waals surface area contributed by atoms with Gasteiger partial charge in [0.25, 0.3) is 11.2 Å². The smallest absolute Gasteiger partial charge is 0.359 e. The summed E-state index contributed by atoms with van der Waals surface area (Å²) in [5, 5.41) is -0.672. The third-order valence-electron chi connectivity index (χ3n) is 13.6. The first-order valence-electron chi connectivity index (χ1n) is 21.5. The van der Waals surface area contributed by atoms with Crippen LogP contribution in [0.3, 0.4) is 0 Å². The molecule has 0 aliphatic heterocycles. The minimum Gasteiger partial charge on any atom is -0.359 e. The third-order valence-corrected chi connectivity index (χ3v) is 15.3. The summed E-state index contributed by atoms with van der Waals surface area (Å²) in [6.45, 7) is 4.14. The zero-order valence-electron chi connectivity index (χ0n) is 36.7. The number of unbranched alkanes of at least 4 members (excludes halogenated alkanes) is 6. The van der Waals surface area contributed by atoms with Gasteiger partial charge in [0, 0.05) is 14.2 Å². The van der Waals surface area contributed by atoms with Crippen molar-refractivity contribution in [1.82, 2.24) is 0 Å². The highest BCUT2D eigenvalue weighted by Gasteiger charge is 2.74. The van der Waals surface area contributed by atoms with Crippen molar-refractivity contribution in [1.29, 1.82) is 0 Å². The van der Waals surface area contributed by atoms with E-state index >= 15 is 0 Å². The molecule has 4 bridgehead atoms. The van der Waals surface area contributed by atoms with Gasteiger partial charge in [-0.15, -0.1) is 7.77 Å². The fourth-order valence-corrected chi connectivity index (χ4v) is 11.1. The Hall–Kier alpha value is -1.76. The minimum atomic E-state index is -5.60. The van der Waals surface area contributed by atoms with Crippen LogP contribution in [-0.2, 0) is 39.4 Å². The summed E-state index contributed by atoms with van der Waals surface area (Å²) in [6, 6.07) is 0. The number of fused-ring (bicyclic) bond motifs is 4. The Morgan fingerprint density at radius 1 is 0.657 bits per heavy atom. The van der Waals surface area contributed by atoms with E-state index < -0.39 is 99.9 Å². The maximum absolute atomic E-state index is 13.8. The van der Waals surface area contributed by atoms with E-state index in [1.54, 1.807) is 13.0 Å². The number of methoxy groups -OCH3 is 2. The highest BCUT2D eigenvalue weighted by atomic mass is 32.3. The van der Waals surface area contributed by atoms with Crippen LogP contribution in [0.15, 0.2) is 24.1 Å². The fourth-order valence-electron chi connectivity index (χ4n) is 10.3. The van der Waals surface area contributed by atoms with Crippen molar-refractivity contribution in [2.75, 3.05) is 27.8 Å². The molecular weight excluding hydrogens is 975 g/mol. The van der Waals surface area contributed by atoms with Crippen LogP contribution in [0.4, 0.5) is 60.5 Å². The number of hydrogen-bond donors (Lipinski definition) is 0. The van der Waals surface area contributed by atoms with Crippen molar-refractivity contribution in [3.8, 4) is 0 Å². The molecule has 0 N–H and O–H groups in total. The molecule has 3 fully saturated rings. The van der Waals surface area contributed by atoms with Gasteiger partial charge < -0.3 is 18.9 Å². The summed E-state index contributed by atoms with van der Waals surface area (Å²) >= 11 is 0. The van der Waals surface area contributed by atoms with Crippen LogP contribution >= 0.6 is 0 Å². The molecular formula is C43H70F14O8S2. The monoisotopic (exact) mass is 1040 g/mol. The van der Waals surface area contributed by atoms with E-state index in [1.807, 2.05) is 13.0 Å². The Morgan fingerprint density at radius 2 is 1.09 bits per heavy atom. The van der Waals surface area contributed by atoms with Crippen LogP contribution in [0.1, 0.15) is 131 Å². The van der Waals surface area contributed by atoms with E-state index in [2.05, 4.69) is 25.5 Å².